The summed E-state index contributed by atoms with van der Waals surface area (Å²) in [5.74, 6) is -1.28. The monoisotopic (exact) mass is 287 g/mol. The number of nitrogens with one attached hydrogen (secondary N) is 1. The summed E-state index contributed by atoms with van der Waals surface area (Å²) in [6, 6.07) is 8.17. The number of hydrogen-bond acceptors (Lipinski definition) is 2. The molecule has 0 bridgehead atoms. The number of rotatable bonds is 2. The van der Waals surface area contributed by atoms with E-state index in [1.54, 1.807) is 6.92 Å². The third-order valence-corrected chi connectivity index (χ3v) is 3.07. The highest BCUT2D eigenvalue weighted by molar-refractivity contribution is 6.04. The van der Waals surface area contributed by atoms with E-state index in [1.165, 1.54) is 47.0 Å². The van der Waals surface area contributed by atoms with Gasteiger partial charge in [0.1, 0.15) is 23.0 Å². The topological polar surface area (TPSA) is 46.4 Å². The molecule has 0 aliphatic rings. The minimum Gasteiger partial charge on any atom is -0.321 e. The van der Waals surface area contributed by atoms with Crippen LogP contribution in [0.15, 0.2) is 42.6 Å². The van der Waals surface area contributed by atoms with Gasteiger partial charge in [0.2, 0.25) is 0 Å². The highest BCUT2D eigenvalue weighted by Gasteiger charge is 2.17. The van der Waals surface area contributed by atoms with Crippen molar-refractivity contribution >= 4 is 17.2 Å². The first kappa shape index (κ1) is 13.2. The van der Waals surface area contributed by atoms with E-state index in [4.69, 9.17) is 0 Å². The number of halogens is 2. The molecule has 3 rings (SSSR count). The zero-order chi connectivity index (χ0) is 15.0. The van der Waals surface area contributed by atoms with Crippen LogP contribution in [0.4, 0.5) is 14.5 Å². The average Bonchev–Trinajstić information content (AvgIpc) is 2.76. The van der Waals surface area contributed by atoms with Gasteiger partial charge < -0.3 is 5.32 Å². The molecule has 0 aliphatic carbocycles. The Morgan fingerprint density at radius 1 is 1.10 bits per heavy atom. The molecule has 106 valence electrons. The fraction of sp³-hybridized carbons (Fsp3) is 0.0667. The van der Waals surface area contributed by atoms with Gasteiger partial charge in [0.05, 0.1) is 5.69 Å². The number of aryl methyl sites for hydroxylation is 1. The van der Waals surface area contributed by atoms with Crippen LogP contribution in [-0.4, -0.2) is 15.3 Å². The Balaban J connectivity index is 1.99. The number of fused-ring (bicyclic) bond motifs is 1. The van der Waals surface area contributed by atoms with E-state index in [1.807, 2.05) is 0 Å². The molecule has 0 aliphatic heterocycles. The third kappa shape index (κ3) is 2.47. The molecule has 0 saturated heterocycles. The summed E-state index contributed by atoms with van der Waals surface area (Å²) < 4.78 is 27.6. The molecule has 0 atom stereocenters. The Bertz CT molecular complexity index is 825. The van der Waals surface area contributed by atoms with Gasteiger partial charge >= 0.3 is 0 Å². The first-order valence-electron chi connectivity index (χ1n) is 6.26. The lowest BCUT2D eigenvalue weighted by Crippen LogP contribution is -2.15. The van der Waals surface area contributed by atoms with Crippen molar-refractivity contribution in [2.24, 2.45) is 0 Å². The van der Waals surface area contributed by atoms with Crippen LogP contribution in [0.25, 0.3) is 5.65 Å². The Kier molecular flexibility index (Phi) is 3.13. The third-order valence-electron chi connectivity index (χ3n) is 3.07. The van der Waals surface area contributed by atoms with Crippen LogP contribution >= 0.6 is 0 Å². The maximum atomic E-state index is 13.3. The Labute approximate surface area is 119 Å². The van der Waals surface area contributed by atoms with Crippen LogP contribution in [0.5, 0.6) is 0 Å². The molecular formula is C15H11F2N3O. The second-order valence-electron chi connectivity index (χ2n) is 4.58. The number of imidazole rings is 1. The predicted octanol–water partition coefficient (Wildman–Crippen LogP) is 3.17. The number of hydrogen-bond donors (Lipinski definition) is 1. The Morgan fingerprint density at radius 3 is 2.48 bits per heavy atom. The van der Waals surface area contributed by atoms with Crippen molar-refractivity contribution in [2.45, 2.75) is 6.92 Å². The fourth-order valence-corrected chi connectivity index (χ4v) is 2.13. The van der Waals surface area contributed by atoms with Gasteiger partial charge in [-0.2, -0.15) is 0 Å². The number of carbonyl (C=O) groups excluding carboxylic acids is 1. The summed E-state index contributed by atoms with van der Waals surface area (Å²) in [7, 11) is 0. The van der Waals surface area contributed by atoms with Gasteiger partial charge in [-0.1, -0.05) is 0 Å². The SMILES string of the molecule is Cc1nc2ccc(F)cn2c1C(=O)Nc1ccc(F)cc1. The van der Waals surface area contributed by atoms with Crippen LogP contribution in [0.3, 0.4) is 0 Å². The normalized spacial score (nSPS) is 10.8. The predicted molar refractivity (Wildman–Crippen MR) is 74.2 cm³/mol. The maximum absolute atomic E-state index is 13.3. The largest absolute Gasteiger partial charge is 0.321 e. The summed E-state index contributed by atoms with van der Waals surface area (Å²) in [6.45, 7) is 1.67. The smallest absolute Gasteiger partial charge is 0.274 e. The van der Waals surface area contributed by atoms with E-state index < -0.39 is 11.7 Å². The van der Waals surface area contributed by atoms with E-state index in [9.17, 15) is 13.6 Å². The molecule has 0 radical (unpaired) electrons. The number of aromatic nitrogens is 2. The number of carbonyl (C=O) groups is 1. The number of benzene rings is 1. The zero-order valence-electron chi connectivity index (χ0n) is 11.1. The first-order valence-corrected chi connectivity index (χ1v) is 6.26. The molecule has 1 amide bonds. The molecule has 1 N–H and O–H groups in total. The molecule has 21 heavy (non-hydrogen) atoms. The van der Waals surface area contributed by atoms with Gasteiger partial charge in [0.15, 0.2) is 0 Å². The lowest BCUT2D eigenvalue weighted by atomic mass is 10.2. The first-order chi connectivity index (χ1) is 10.0. The van der Waals surface area contributed by atoms with Crippen molar-refractivity contribution in [1.29, 1.82) is 0 Å². The van der Waals surface area contributed by atoms with Crippen LogP contribution in [0.2, 0.25) is 0 Å². The Hall–Kier alpha value is -2.76. The van der Waals surface area contributed by atoms with Gasteiger partial charge in [0.25, 0.3) is 5.91 Å². The number of anilines is 1. The van der Waals surface area contributed by atoms with E-state index in [-0.39, 0.29) is 11.5 Å². The Morgan fingerprint density at radius 2 is 1.76 bits per heavy atom. The second-order valence-corrected chi connectivity index (χ2v) is 4.58. The van der Waals surface area contributed by atoms with Crippen molar-refractivity contribution in [3.8, 4) is 0 Å². The van der Waals surface area contributed by atoms with E-state index >= 15 is 0 Å². The zero-order valence-corrected chi connectivity index (χ0v) is 11.1. The van der Waals surface area contributed by atoms with Crippen LogP contribution in [0, 0.1) is 18.6 Å². The summed E-state index contributed by atoms with van der Waals surface area (Å²) in [5, 5.41) is 2.64. The lowest BCUT2D eigenvalue weighted by molar-refractivity contribution is 0.102. The molecule has 1 aromatic carbocycles. The van der Waals surface area contributed by atoms with E-state index in [2.05, 4.69) is 10.3 Å². The van der Waals surface area contributed by atoms with Crippen LogP contribution in [0.1, 0.15) is 16.2 Å². The van der Waals surface area contributed by atoms with Gasteiger partial charge in [-0.3, -0.25) is 9.20 Å². The quantitative estimate of drug-likeness (QED) is 0.787. The minimum atomic E-state index is -0.462. The standard InChI is InChI=1S/C15H11F2N3O/c1-9-14(20-8-11(17)4-7-13(20)18-9)15(21)19-12-5-2-10(16)3-6-12/h2-8H,1H3,(H,19,21). The van der Waals surface area contributed by atoms with Crippen molar-refractivity contribution < 1.29 is 13.6 Å². The molecule has 0 unspecified atom stereocenters. The number of pyridine rings is 1. The molecule has 0 fully saturated rings. The van der Waals surface area contributed by atoms with Crippen LogP contribution < -0.4 is 5.32 Å². The summed E-state index contributed by atoms with van der Waals surface area (Å²) in [4.78, 5) is 16.5. The molecule has 2 heterocycles. The minimum absolute atomic E-state index is 0.244. The highest BCUT2D eigenvalue weighted by Crippen LogP contribution is 2.16. The average molecular weight is 287 g/mol. The summed E-state index contributed by atoms with van der Waals surface area (Å²) in [5.41, 5.74) is 1.67. The molecule has 3 aromatic rings. The van der Waals surface area contributed by atoms with E-state index in [0.717, 1.165) is 0 Å². The summed E-state index contributed by atoms with van der Waals surface area (Å²) in [6.07, 6.45) is 1.20. The molecule has 0 saturated carbocycles. The fourth-order valence-electron chi connectivity index (χ4n) is 2.13. The van der Waals surface area contributed by atoms with Gasteiger partial charge in [0, 0.05) is 11.9 Å². The maximum Gasteiger partial charge on any atom is 0.274 e. The number of nitrogens with zero attached hydrogens (tertiary/aromatic N) is 2. The molecular weight excluding hydrogens is 276 g/mol. The molecule has 6 heteroatoms. The van der Waals surface area contributed by atoms with Gasteiger partial charge in [-0.25, -0.2) is 13.8 Å². The van der Waals surface area contributed by atoms with Crippen molar-refractivity contribution in [2.75, 3.05) is 5.32 Å². The second kappa shape index (κ2) is 4.97. The molecule has 0 spiro atoms. The van der Waals surface area contributed by atoms with Crippen molar-refractivity contribution in [1.82, 2.24) is 9.38 Å². The number of amides is 1. The summed E-state index contributed by atoms with van der Waals surface area (Å²) >= 11 is 0. The van der Waals surface area contributed by atoms with Crippen molar-refractivity contribution in [3.05, 3.63) is 65.6 Å². The molecule has 4 nitrogen and oxygen atoms in total. The van der Waals surface area contributed by atoms with Crippen LogP contribution in [-0.2, 0) is 0 Å². The van der Waals surface area contributed by atoms with Crippen molar-refractivity contribution in [3.63, 3.8) is 0 Å². The molecule has 2 aromatic heterocycles. The van der Waals surface area contributed by atoms with E-state index in [0.29, 0.717) is 17.0 Å². The van der Waals surface area contributed by atoms with Gasteiger partial charge in [-0.15, -0.1) is 0 Å². The van der Waals surface area contributed by atoms with Gasteiger partial charge in [-0.05, 0) is 43.3 Å². The lowest BCUT2D eigenvalue weighted by Gasteiger charge is -2.06. The highest BCUT2D eigenvalue weighted by atomic mass is 19.1.